The average Bonchev–Trinajstić information content (AvgIpc) is 2.37. The van der Waals surface area contributed by atoms with E-state index in [-0.39, 0.29) is 6.04 Å². The summed E-state index contributed by atoms with van der Waals surface area (Å²) in [6, 6.07) is -0.0602. The topological polar surface area (TPSA) is 58.7 Å². The van der Waals surface area contributed by atoms with Crippen LogP contribution in [-0.2, 0) is 0 Å². The number of hydroxylamine groups is 1. The van der Waals surface area contributed by atoms with Gasteiger partial charge in [-0.2, -0.15) is 0 Å². The van der Waals surface area contributed by atoms with Gasteiger partial charge in [-0.1, -0.05) is 4.86 Å². The van der Waals surface area contributed by atoms with E-state index in [4.69, 9.17) is 5.21 Å². The third kappa shape index (κ3) is 1.31. The minimum atomic E-state index is -0.0602. The van der Waals surface area contributed by atoms with Crippen molar-refractivity contribution in [3.05, 3.63) is 5.21 Å². The van der Waals surface area contributed by atoms with Crippen molar-refractivity contribution in [3.8, 4) is 0 Å². The van der Waals surface area contributed by atoms with Gasteiger partial charge in [-0.3, -0.25) is 0 Å². The van der Waals surface area contributed by atoms with Gasteiger partial charge in [0, 0.05) is 12.8 Å². The Bertz CT molecular complexity index is 118. The summed E-state index contributed by atoms with van der Waals surface area (Å²) >= 11 is 0. The zero-order valence-electron chi connectivity index (χ0n) is 5.16. The predicted molar refractivity (Wildman–Crippen MR) is 30.1 cm³/mol. The van der Waals surface area contributed by atoms with Crippen LogP contribution in [0.2, 0.25) is 0 Å². The number of rotatable bonds is 1. The lowest BCUT2D eigenvalue weighted by molar-refractivity contribution is -0.590. The second-order valence-electron chi connectivity index (χ2n) is 2.33. The van der Waals surface area contributed by atoms with Crippen molar-refractivity contribution in [2.45, 2.75) is 31.7 Å². The van der Waals surface area contributed by atoms with Crippen molar-refractivity contribution < 1.29 is 10.1 Å². The highest BCUT2D eigenvalue weighted by Gasteiger charge is 2.23. The Morgan fingerprint density at radius 2 is 2.00 bits per heavy atom. The molecular formula is C5H10N2O2. The van der Waals surface area contributed by atoms with E-state index in [1.807, 2.05) is 0 Å². The molecule has 0 aromatic heterocycles. The standard InChI is InChI=1S/C5H10N2O2/c8-6-7(9)5-3-1-2-4-5/h5,8H,1-4H2. The first-order chi connectivity index (χ1) is 4.34. The highest BCUT2D eigenvalue weighted by molar-refractivity contribution is 4.64. The van der Waals surface area contributed by atoms with Crippen molar-refractivity contribution in [1.82, 2.24) is 0 Å². The lowest BCUT2D eigenvalue weighted by atomic mass is 10.3. The molecule has 1 aliphatic carbocycles. The Hall–Kier alpha value is -0.800. The van der Waals surface area contributed by atoms with Gasteiger partial charge in [0.2, 0.25) is 0 Å². The minimum Gasteiger partial charge on any atom is -0.597 e. The fraction of sp³-hybridized carbons (Fsp3) is 1.00. The molecule has 0 bridgehead atoms. The first-order valence-corrected chi connectivity index (χ1v) is 3.16. The second kappa shape index (κ2) is 2.66. The fourth-order valence-electron chi connectivity index (χ4n) is 1.20. The maximum atomic E-state index is 10.5. The molecule has 0 atom stereocenters. The highest BCUT2D eigenvalue weighted by Crippen LogP contribution is 2.20. The Labute approximate surface area is 53.3 Å². The molecule has 0 unspecified atom stereocenters. The quantitative estimate of drug-likeness (QED) is 0.330. The molecule has 1 aliphatic rings. The summed E-state index contributed by atoms with van der Waals surface area (Å²) in [5.41, 5.74) is 0. The summed E-state index contributed by atoms with van der Waals surface area (Å²) in [6.45, 7) is 0. The van der Waals surface area contributed by atoms with Crippen LogP contribution in [0.3, 0.4) is 0 Å². The van der Waals surface area contributed by atoms with Crippen LogP contribution in [0.25, 0.3) is 0 Å². The molecule has 0 spiro atoms. The molecule has 0 aromatic rings. The van der Waals surface area contributed by atoms with Gasteiger partial charge in [0.25, 0.3) is 0 Å². The van der Waals surface area contributed by atoms with Crippen molar-refractivity contribution in [2.24, 2.45) is 5.28 Å². The molecule has 0 heterocycles. The largest absolute Gasteiger partial charge is 0.597 e. The molecule has 0 aromatic carbocycles. The first-order valence-electron chi connectivity index (χ1n) is 3.16. The van der Waals surface area contributed by atoms with Crippen LogP contribution >= 0.6 is 0 Å². The molecule has 1 saturated carbocycles. The average molecular weight is 130 g/mol. The molecule has 4 nitrogen and oxygen atoms in total. The molecular weight excluding hydrogens is 120 g/mol. The van der Waals surface area contributed by atoms with Gasteiger partial charge < -0.3 is 10.4 Å². The van der Waals surface area contributed by atoms with Gasteiger partial charge in [0.15, 0.2) is 11.3 Å². The lowest BCUT2D eigenvalue weighted by Gasteiger charge is -2.02. The third-order valence-electron chi connectivity index (χ3n) is 1.73. The number of nitrogens with zero attached hydrogens (tertiary/aromatic N) is 2. The molecule has 0 radical (unpaired) electrons. The van der Waals surface area contributed by atoms with Crippen LogP contribution in [0.15, 0.2) is 5.28 Å². The Morgan fingerprint density at radius 1 is 1.44 bits per heavy atom. The van der Waals surface area contributed by atoms with Gasteiger partial charge in [-0.25, -0.2) is 0 Å². The van der Waals surface area contributed by atoms with Crippen molar-refractivity contribution in [2.75, 3.05) is 0 Å². The Kier molecular flexibility index (Phi) is 1.87. The van der Waals surface area contributed by atoms with E-state index in [2.05, 4.69) is 5.28 Å². The van der Waals surface area contributed by atoms with E-state index >= 15 is 0 Å². The smallest absolute Gasteiger partial charge is 0.197 e. The predicted octanol–water partition coefficient (Wildman–Crippen LogP) is 1.28. The Morgan fingerprint density at radius 3 is 2.44 bits per heavy atom. The van der Waals surface area contributed by atoms with E-state index in [0.717, 1.165) is 25.7 Å². The van der Waals surface area contributed by atoms with Gasteiger partial charge in [0.05, 0.1) is 0 Å². The van der Waals surface area contributed by atoms with Gasteiger partial charge in [0.1, 0.15) is 0 Å². The van der Waals surface area contributed by atoms with Crippen molar-refractivity contribution in [3.63, 3.8) is 0 Å². The van der Waals surface area contributed by atoms with E-state index in [9.17, 15) is 5.21 Å². The van der Waals surface area contributed by atoms with E-state index in [1.165, 1.54) is 0 Å². The van der Waals surface area contributed by atoms with Crippen LogP contribution in [0.1, 0.15) is 25.7 Å². The summed E-state index contributed by atoms with van der Waals surface area (Å²) in [5.74, 6) is 0. The molecule has 1 fully saturated rings. The molecule has 9 heavy (non-hydrogen) atoms. The molecule has 4 heteroatoms. The first kappa shape index (κ1) is 6.32. The van der Waals surface area contributed by atoms with E-state index in [0.29, 0.717) is 4.86 Å². The summed E-state index contributed by atoms with van der Waals surface area (Å²) in [6.07, 6.45) is 3.90. The molecule has 52 valence electrons. The second-order valence-corrected chi connectivity index (χ2v) is 2.33. The van der Waals surface area contributed by atoms with Gasteiger partial charge in [-0.05, 0) is 12.8 Å². The highest BCUT2D eigenvalue weighted by atomic mass is 16.6. The normalized spacial score (nSPS) is 22.9. The zero-order valence-corrected chi connectivity index (χ0v) is 5.16. The van der Waals surface area contributed by atoms with Crippen LogP contribution in [-0.4, -0.2) is 16.1 Å². The van der Waals surface area contributed by atoms with Crippen LogP contribution < -0.4 is 0 Å². The summed E-state index contributed by atoms with van der Waals surface area (Å²) in [5, 5.41) is 21.1. The number of hydrogen-bond donors (Lipinski definition) is 1. The monoisotopic (exact) mass is 130 g/mol. The minimum absolute atomic E-state index is 0.0602. The van der Waals surface area contributed by atoms with Gasteiger partial charge in [-0.15, -0.1) is 0 Å². The van der Waals surface area contributed by atoms with E-state index in [1.54, 1.807) is 0 Å². The molecule has 1 N–H and O–H groups in total. The molecule has 0 amide bonds. The van der Waals surface area contributed by atoms with E-state index < -0.39 is 0 Å². The maximum Gasteiger partial charge on any atom is 0.197 e. The molecule has 0 aliphatic heterocycles. The van der Waals surface area contributed by atoms with Crippen LogP contribution in [0.4, 0.5) is 0 Å². The summed E-state index contributed by atoms with van der Waals surface area (Å²) in [7, 11) is 0. The van der Waals surface area contributed by atoms with Crippen LogP contribution in [0, 0.1) is 5.21 Å². The third-order valence-corrected chi connectivity index (χ3v) is 1.73. The maximum absolute atomic E-state index is 10.5. The molecule has 1 rings (SSSR count). The number of hydrogen-bond acceptors (Lipinski definition) is 2. The summed E-state index contributed by atoms with van der Waals surface area (Å²) in [4.78, 5) is 0.396. The molecule has 0 saturated heterocycles. The fourth-order valence-corrected chi connectivity index (χ4v) is 1.20. The van der Waals surface area contributed by atoms with Crippen molar-refractivity contribution >= 4 is 0 Å². The lowest BCUT2D eigenvalue weighted by Crippen LogP contribution is -2.15. The SMILES string of the molecule is [O-][N+](=NO)C1CCCC1. The van der Waals surface area contributed by atoms with Gasteiger partial charge >= 0.3 is 0 Å². The zero-order chi connectivity index (χ0) is 6.69. The summed E-state index contributed by atoms with van der Waals surface area (Å²) < 4.78 is 0. The van der Waals surface area contributed by atoms with Crippen LogP contribution in [0.5, 0.6) is 0 Å². The van der Waals surface area contributed by atoms with Crippen molar-refractivity contribution in [1.29, 1.82) is 0 Å². The Balaban J connectivity index is 2.42.